The smallest absolute Gasteiger partial charge is 0.108 e. The van der Waals surface area contributed by atoms with Gasteiger partial charge >= 0.3 is 0 Å². The molecule has 2 atom stereocenters. The van der Waals surface area contributed by atoms with E-state index >= 15 is 0 Å². The second kappa shape index (κ2) is 5.32. The van der Waals surface area contributed by atoms with Gasteiger partial charge in [-0.15, -0.1) is 0 Å². The van der Waals surface area contributed by atoms with Crippen LogP contribution in [0.5, 0.6) is 0 Å². The van der Waals surface area contributed by atoms with E-state index in [0.29, 0.717) is 0 Å². The lowest BCUT2D eigenvalue weighted by atomic mass is 10.1. The van der Waals surface area contributed by atoms with E-state index in [1.54, 1.807) is 0 Å². The lowest BCUT2D eigenvalue weighted by Crippen LogP contribution is -2.41. The maximum atomic E-state index is 7.44. The Morgan fingerprint density at radius 3 is 2.44 bits per heavy atom. The fourth-order valence-corrected chi connectivity index (χ4v) is 1.88. The minimum Gasteiger partial charge on any atom is -0.386 e. The van der Waals surface area contributed by atoms with Crippen LogP contribution in [-0.4, -0.2) is 23.8 Å². The number of hydrogen-bond donors (Lipinski definition) is 2. The van der Waals surface area contributed by atoms with Gasteiger partial charge in [0.25, 0.3) is 0 Å². The summed E-state index contributed by atoms with van der Waals surface area (Å²) in [7, 11) is 1.94. The first-order valence-electron chi connectivity index (χ1n) is 5.25. The molecule has 0 aromatic heterocycles. The van der Waals surface area contributed by atoms with Crippen LogP contribution in [0, 0.1) is 5.41 Å². The predicted octanol–water partition coefficient (Wildman–Crippen LogP) is 2.66. The predicted molar refractivity (Wildman–Crippen MR) is 69.0 cm³/mol. The first-order chi connectivity index (χ1) is 7.45. The second-order valence-electron chi connectivity index (χ2n) is 3.99. The first kappa shape index (κ1) is 13.0. The largest absolute Gasteiger partial charge is 0.386 e. The Morgan fingerprint density at radius 1 is 1.38 bits per heavy atom. The molecule has 0 radical (unpaired) electrons. The molecular weight excluding hydrogens is 222 g/mol. The van der Waals surface area contributed by atoms with Crippen molar-refractivity contribution in [2.75, 3.05) is 7.05 Å². The van der Waals surface area contributed by atoms with Crippen LogP contribution in [0.25, 0.3) is 0 Å². The maximum absolute atomic E-state index is 7.44. The van der Waals surface area contributed by atoms with Crippen molar-refractivity contribution >= 4 is 17.4 Å². The third kappa shape index (κ3) is 2.74. The molecule has 3 N–H and O–H groups in total. The van der Waals surface area contributed by atoms with Gasteiger partial charge in [0.15, 0.2) is 0 Å². The number of amidine groups is 1. The van der Waals surface area contributed by atoms with Crippen molar-refractivity contribution < 1.29 is 0 Å². The SMILES string of the molecule is CC(C(=N)N)N(C)C(C)c1ccccc1Cl. The zero-order valence-corrected chi connectivity index (χ0v) is 10.6. The van der Waals surface area contributed by atoms with E-state index in [1.807, 2.05) is 43.1 Å². The quantitative estimate of drug-likeness (QED) is 0.627. The number of rotatable bonds is 4. The molecule has 0 fully saturated rings. The Balaban J connectivity index is 2.90. The molecule has 0 saturated carbocycles. The van der Waals surface area contributed by atoms with Crippen molar-refractivity contribution in [1.29, 1.82) is 5.41 Å². The Hall–Kier alpha value is -1.06. The van der Waals surface area contributed by atoms with E-state index in [2.05, 4.69) is 6.92 Å². The van der Waals surface area contributed by atoms with E-state index in [1.165, 1.54) is 0 Å². The molecule has 0 spiro atoms. The number of benzene rings is 1. The molecule has 0 bridgehead atoms. The highest BCUT2D eigenvalue weighted by Gasteiger charge is 2.20. The monoisotopic (exact) mass is 239 g/mol. The van der Waals surface area contributed by atoms with Crippen molar-refractivity contribution in [2.24, 2.45) is 5.73 Å². The lowest BCUT2D eigenvalue weighted by Gasteiger charge is -2.30. The molecule has 1 aromatic carbocycles. The molecule has 88 valence electrons. The van der Waals surface area contributed by atoms with Gasteiger partial charge in [0.2, 0.25) is 0 Å². The molecule has 0 amide bonds. The van der Waals surface area contributed by atoms with Crippen LogP contribution >= 0.6 is 11.6 Å². The molecule has 0 heterocycles. The van der Waals surface area contributed by atoms with Gasteiger partial charge in [0.1, 0.15) is 5.84 Å². The van der Waals surface area contributed by atoms with Gasteiger partial charge in [-0.2, -0.15) is 0 Å². The van der Waals surface area contributed by atoms with Crippen LogP contribution in [-0.2, 0) is 0 Å². The van der Waals surface area contributed by atoms with E-state index < -0.39 is 0 Å². The van der Waals surface area contributed by atoms with Gasteiger partial charge in [-0.05, 0) is 32.5 Å². The number of likely N-dealkylation sites (N-methyl/N-ethyl adjacent to an activating group) is 1. The minimum atomic E-state index is -0.0914. The highest BCUT2D eigenvalue weighted by atomic mass is 35.5. The van der Waals surface area contributed by atoms with Gasteiger partial charge in [0.05, 0.1) is 6.04 Å². The topological polar surface area (TPSA) is 53.1 Å². The molecule has 4 heteroatoms. The number of nitrogens with zero attached hydrogens (tertiary/aromatic N) is 1. The Kier molecular flexibility index (Phi) is 4.33. The number of halogens is 1. The zero-order valence-electron chi connectivity index (χ0n) is 9.87. The summed E-state index contributed by atoms with van der Waals surface area (Å²) >= 11 is 6.14. The molecule has 16 heavy (non-hydrogen) atoms. The van der Waals surface area contributed by atoms with Gasteiger partial charge in [-0.1, -0.05) is 29.8 Å². The Bertz CT molecular complexity index is 378. The van der Waals surface area contributed by atoms with Crippen LogP contribution in [0.15, 0.2) is 24.3 Å². The highest BCUT2D eigenvalue weighted by Crippen LogP contribution is 2.27. The Morgan fingerprint density at radius 2 is 1.94 bits per heavy atom. The van der Waals surface area contributed by atoms with Crippen molar-refractivity contribution in [3.05, 3.63) is 34.9 Å². The highest BCUT2D eigenvalue weighted by molar-refractivity contribution is 6.31. The van der Waals surface area contributed by atoms with Crippen LogP contribution in [0.3, 0.4) is 0 Å². The van der Waals surface area contributed by atoms with Crippen molar-refractivity contribution in [2.45, 2.75) is 25.9 Å². The third-order valence-electron chi connectivity index (χ3n) is 3.03. The van der Waals surface area contributed by atoms with Crippen molar-refractivity contribution in [3.8, 4) is 0 Å². The summed E-state index contributed by atoms with van der Waals surface area (Å²) in [5, 5.41) is 8.19. The van der Waals surface area contributed by atoms with Gasteiger partial charge in [-0.25, -0.2) is 0 Å². The van der Waals surface area contributed by atoms with Crippen LogP contribution in [0.1, 0.15) is 25.5 Å². The number of hydrogen-bond acceptors (Lipinski definition) is 2. The van der Waals surface area contributed by atoms with Crippen LogP contribution in [0.2, 0.25) is 5.02 Å². The van der Waals surface area contributed by atoms with Crippen LogP contribution in [0.4, 0.5) is 0 Å². The molecule has 0 aliphatic carbocycles. The summed E-state index contributed by atoms with van der Waals surface area (Å²) in [6.07, 6.45) is 0. The van der Waals surface area contributed by atoms with E-state index in [9.17, 15) is 0 Å². The molecule has 1 rings (SSSR count). The second-order valence-corrected chi connectivity index (χ2v) is 4.40. The maximum Gasteiger partial charge on any atom is 0.108 e. The first-order valence-corrected chi connectivity index (χ1v) is 5.63. The van der Waals surface area contributed by atoms with Crippen molar-refractivity contribution in [1.82, 2.24) is 4.90 Å². The summed E-state index contributed by atoms with van der Waals surface area (Å²) in [6.45, 7) is 3.97. The normalized spacial score (nSPS) is 14.8. The third-order valence-corrected chi connectivity index (χ3v) is 3.37. The fourth-order valence-electron chi connectivity index (χ4n) is 1.59. The standard InChI is InChI=1S/C12H18ClN3/c1-8(16(3)9(2)12(14)15)10-6-4-5-7-11(10)13/h4-9H,1-3H3,(H3,14,15). The molecule has 0 aliphatic rings. The number of nitrogens with one attached hydrogen (secondary N) is 1. The molecule has 0 saturated heterocycles. The molecule has 2 unspecified atom stereocenters. The zero-order chi connectivity index (χ0) is 12.3. The molecule has 3 nitrogen and oxygen atoms in total. The van der Waals surface area contributed by atoms with Gasteiger partial charge in [0, 0.05) is 11.1 Å². The molecular formula is C12H18ClN3. The number of nitrogens with two attached hydrogens (primary N) is 1. The summed E-state index contributed by atoms with van der Waals surface area (Å²) < 4.78 is 0. The minimum absolute atomic E-state index is 0.0914. The summed E-state index contributed by atoms with van der Waals surface area (Å²) in [5.41, 5.74) is 6.55. The summed E-state index contributed by atoms with van der Waals surface area (Å²) in [6, 6.07) is 7.78. The van der Waals surface area contributed by atoms with Crippen molar-refractivity contribution in [3.63, 3.8) is 0 Å². The molecule has 1 aromatic rings. The average Bonchev–Trinajstić information content (AvgIpc) is 2.26. The van der Waals surface area contributed by atoms with Crippen LogP contribution < -0.4 is 5.73 Å². The van der Waals surface area contributed by atoms with E-state index in [4.69, 9.17) is 22.7 Å². The van der Waals surface area contributed by atoms with E-state index in [0.717, 1.165) is 10.6 Å². The molecule has 0 aliphatic heterocycles. The fraction of sp³-hybridized carbons (Fsp3) is 0.417. The average molecular weight is 240 g/mol. The summed E-state index contributed by atoms with van der Waals surface area (Å²) in [4.78, 5) is 2.03. The summed E-state index contributed by atoms with van der Waals surface area (Å²) in [5.74, 6) is 0.168. The van der Waals surface area contributed by atoms with Gasteiger partial charge < -0.3 is 5.73 Å². The van der Waals surface area contributed by atoms with E-state index in [-0.39, 0.29) is 17.9 Å². The lowest BCUT2D eigenvalue weighted by molar-refractivity contribution is 0.239. The van der Waals surface area contributed by atoms with Gasteiger partial charge in [-0.3, -0.25) is 10.3 Å². The Labute approximate surface area is 102 Å².